The molecule has 8 heteroatoms. The quantitative estimate of drug-likeness (QED) is 0.862. The second-order valence-electron chi connectivity index (χ2n) is 2.70. The summed E-state index contributed by atoms with van der Waals surface area (Å²) in [6.45, 7) is -0.199. The molecule has 0 unspecified atom stereocenters. The van der Waals surface area contributed by atoms with Crippen molar-refractivity contribution in [1.82, 2.24) is 0 Å². The predicted molar refractivity (Wildman–Crippen MR) is 58.3 cm³/mol. The summed E-state index contributed by atoms with van der Waals surface area (Å²) in [5, 5.41) is 0. The van der Waals surface area contributed by atoms with Gasteiger partial charge < -0.3 is 20.9 Å². The maximum absolute atomic E-state index is 10.6. The van der Waals surface area contributed by atoms with Crippen LogP contribution in [-0.2, 0) is 9.47 Å². The fourth-order valence-electron chi connectivity index (χ4n) is 0.974. The molecule has 0 aliphatic carbocycles. The number of thiophene rings is 1. The number of carbonyl (C=O) groups is 2. The minimum atomic E-state index is -0.970. The van der Waals surface area contributed by atoms with E-state index in [-0.39, 0.29) is 6.61 Å². The lowest BCUT2D eigenvalue weighted by atomic mass is 10.3. The first-order chi connectivity index (χ1) is 7.49. The zero-order valence-corrected chi connectivity index (χ0v) is 9.59. The molecule has 0 aliphatic rings. The van der Waals surface area contributed by atoms with Gasteiger partial charge in [-0.3, -0.25) is 0 Å². The zero-order valence-electron chi connectivity index (χ0n) is 8.01. The van der Waals surface area contributed by atoms with Crippen LogP contribution >= 0.6 is 22.9 Å². The van der Waals surface area contributed by atoms with Crippen molar-refractivity contribution in [3.05, 3.63) is 21.3 Å². The smallest absolute Gasteiger partial charge is 0.405 e. The Labute approximate surface area is 100 Å². The third kappa shape index (κ3) is 3.95. The Morgan fingerprint density at radius 1 is 1.38 bits per heavy atom. The second kappa shape index (κ2) is 5.57. The highest BCUT2D eigenvalue weighted by atomic mass is 35.5. The Bertz CT molecular complexity index is 395. The van der Waals surface area contributed by atoms with E-state index in [9.17, 15) is 9.59 Å². The van der Waals surface area contributed by atoms with Crippen molar-refractivity contribution in [3.63, 3.8) is 0 Å². The Morgan fingerprint density at radius 2 is 2.06 bits per heavy atom. The van der Waals surface area contributed by atoms with E-state index in [0.29, 0.717) is 9.21 Å². The molecule has 16 heavy (non-hydrogen) atoms. The van der Waals surface area contributed by atoms with Gasteiger partial charge in [-0.15, -0.1) is 11.3 Å². The van der Waals surface area contributed by atoms with Crippen LogP contribution in [0.4, 0.5) is 9.59 Å². The van der Waals surface area contributed by atoms with Crippen molar-refractivity contribution in [2.24, 2.45) is 11.5 Å². The highest BCUT2D eigenvalue weighted by molar-refractivity contribution is 7.16. The van der Waals surface area contributed by atoms with Crippen LogP contribution in [-0.4, -0.2) is 18.8 Å². The molecule has 0 saturated carbocycles. The van der Waals surface area contributed by atoms with Crippen molar-refractivity contribution in [1.29, 1.82) is 0 Å². The largest absolute Gasteiger partial charge is 0.445 e. The van der Waals surface area contributed by atoms with Gasteiger partial charge in [-0.2, -0.15) is 0 Å². The van der Waals surface area contributed by atoms with Gasteiger partial charge in [0.2, 0.25) is 0 Å². The summed E-state index contributed by atoms with van der Waals surface area (Å²) in [5.74, 6) is 0. The number of primary amides is 2. The van der Waals surface area contributed by atoms with E-state index in [0.717, 1.165) is 0 Å². The van der Waals surface area contributed by atoms with E-state index < -0.39 is 18.3 Å². The van der Waals surface area contributed by atoms with Gasteiger partial charge in [0.1, 0.15) is 6.61 Å². The van der Waals surface area contributed by atoms with Gasteiger partial charge in [0.25, 0.3) is 0 Å². The maximum Gasteiger partial charge on any atom is 0.405 e. The summed E-state index contributed by atoms with van der Waals surface area (Å²) in [6.07, 6.45) is -2.72. The Kier molecular flexibility index (Phi) is 4.39. The molecule has 1 atom stereocenters. The van der Waals surface area contributed by atoms with Crippen LogP contribution in [0, 0.1) is 0 Å². The number of ether oxygens (including phenoxy) is 2. The van der Waals surface area contributed by atoms with Gasteiger partial charge in [0.15, 0.2) is 6.10 Å². The number of nitrogens with two attached hydrogens (primary N) is 2. The molecule has 0 saturated heterocycles. The molecule has 0 spiro atoms. The lowest BCUT2D eigenvalue weighted by Crippen LogP contribution is -2.23. The van der Waals surface area contributed by atoms with Crippen molar-refractivity contribution in [3.8, 4) is 0 Å². The highest BCUT2D eigenvalue weighted by Gasteiger charge is 2.19. The predicted octanol–water partition coefficient (Wildman–Crippen LogP) is 1.63. The molecule has 0 radical (unpaired) electrons. The lowest BCUT2D eigenvalue weighted by Gasteiger charge is -2.14. The molecular formula is C8H9ClN2O4S. The van der Waals surface area contributed by atoms with E-state index >= 15 is 0 Å². The van der Waals surface area contributed by atoms with E-state index in [2.05, 4.69) is 4.74 Å². The summed E-state index contributed by atoms with van der Waals surface area (Å²) in [6, 6.07) is 3.27. The average molecular weight is 265 g/mol. The van der Waals surface area contributed by atoms with Gasteiger partial charge in [-0.1, -0.05) is 11.6 Å². The van der Waals surface area contributed by atoms with Crippen molar-refractivity contribution >= 4 is 35.1 Å². The molecule has 0 aliphatic heterocycles. The number of amides is 2. The van der Waals surface area contributed by atoms with Crippen LogP contribution in [0.2, 0.25) is 4.34 Å². The standard InChI is InChI=1S/C8H9ClN2O4S/c9-6-2-1-5(16-6)4(15-8(11)13)3-14-7(10)12/h1-2,4H,3H2,(H2,10,12)(H2,11,13)/t4-/m0/s1. The molecule has 0 aromatic carbocycles. The third-order valence-electron chi connectivity index (χ3n) is 1.55. The molecule has 1 aromatic rings. The second-order valence-corrected chi connectivity index (χ2v) is 4.44. The molecule has 0 bridgehead atoms. The fourth-order valence-corrected chi connectivity index (χ4v) is 2.05. The van der Waals surface area contributed by atoms with Crippen LogP contribution in [0.5, 0.6) is 0 Å². The molecule has 6 nitrogen and oxygen atoms in total. The zero-order chi connectivity index (χ0) is 12.1. The summed E-state index contributed by atoms with van der Waals surface area (Å²) in [4.78, 5) is 21.7. The minimum Gasteiger partial charge on any atom is -0.445 e. The molecule has 88 valence electrons. The molecule has 2 amide bonds. The number of hydrogen-bond donors (Lipinski definition) is 2. The highest BCUT2D eigenvalue weighted by Crippen LogP contribution is 2.29. The van der Waals surface area contributed by atoms with E-state index in [1.165, 1.54) is 11.3 Å². The first-order valence-electron chi connectivity index (χ1n) is 4.12. The van der Waals surface area contributed by atoms with Crippen LogP contribution in [0.1, 0.15) is 11.0 Å². The lowest BCUT2D eigenvalue weighted by molar-refractivity contribution is 0.0530. The number of carbonyl (C=O) groups excluding carboxylic acids is 2. The normalized spacial score (nSPS) is 11.8. The minimum absolute atomic E-state index is 0.199. The first-order valence-corrected chi connectivity index (χ1v) is 5.32. The third-order valence-corrected chi connectivity index (χ3v) is 2.87. The van der Waals surface area contributed by atoms with Crippen molar-refractivity contribution < 1.29 is 19.1 Å². The summed E-state index contributed by atoms with van der Waals surface area (Å²) >= 11 is 6.91. The maximum atomic E-state index is 10.6. The molecular weight excluding hydrogens is 256 g/mol. The van der Waals surface area contributed by atoms with Gasteiger partial charge in [0, 0.05) is 0 Å². The topological polar surface area (TPSA) is 105 Å². The van der Waals surface area contributed by atoms with Gasteiger partial charge >= 0.3 is 12.2 Å². The van der Waals surface area contributed by atoms with Crippen LogP contribution in [0.3, 0.4) is 0 Å². The van der Waals surface area contributed by atoms with E-state index in [4.69, 9.17) is 27.8 Å². The number of hydrogen-bond acceptors (Lipinski definition) is 5. The summed E-state index contributed by atoms with van der Waals surface area (Å²) in [7, 11) is 0. The Morgan fingerprint density at radius 3 is 2.50 bits per heavy atom. The molecule has 1 rings (SSSR count). The Balaban J connectivity index is 2.70. The van der Waals surface area contributed by atoms with Crippen LogP contribution in [0.25, 0.3) is 0 Å². The monoisotopic (exact) mass is 264 g/mol. The van der Waals surface area contributed by atoms with Crippen LogP contribution < -0.4 is 11.5 Å². The molecule has 1 heterocycles. The first kappa shape index (κ1) is 12.6. The Hall–Kier alpha value is -1.47. The van der Waals surface area contributed by atoms with E-state index in [1.807, 2.05) is 0 Å². The SMILES string of the molecule is NC(=O)OC[C@H](OC(N)=O)c1ccc(Cl)s1. The fraction of sp³-hybridized carbons (Fsp3) is 0.250. The number of rotatable bonds is 4. The summed E-state index contributed by atoms with van der Waals surface area (Å²) < 4.78 is 9.82. The molecule has 4 N–H and O–H groups in total. The molecule has 0 fully saturated rings. The average Bonchev–Trinajstić information content (AvgIpc) is 2.58. The number of halogens is 1. The molecule has 1 aromatic heterocycles. The summed E-state index contributed by atoms with van der Waals surface area (Å²) in [5.41, 5.74) is 9.68. The van der Waals surface area contributed by atoms with Crippen LogP contribution in [0.15, 0.2) is 12.1 Å². The van der Waals surface area contributed by atoms with Crippen molar-refractivity contribution in [2.75, 3.05) is 6.61 Å². The van der Waals surface area contributed by atoms with Crippen molar-refractivity contribution in [2.45, 2.75) is 6.10 Å². The van der Waals surface area contributed by atoms with E-state index in [1.54, 1.807) is 12.1 Å². The van der Waals surface area contributed by atoms with Gasteiger partial charge in [-0.05, 0) is 12.1 Å². The van der Waals surface area contributed by atoms with Gasteiger partial charge in [0.05, 0.1) is 9.21 Å². The van der Waals surface area contributed by atoms with Gasteiger partial charge in [-0.25, -0.2) is 9.59 Å².